The van der Waals surface area contributed by atoms with Crippen molar-refractivity contribution < 1.29 is 9.53 Å². The highest BCUT2D eigenvalue weighted by Gasteiger charge is 2.30. The minimum atomic E-state index is -0.221. The predicted molar refractivity (Wildman–Crippen MR) is 101 cm³/mol. The largest absolute Gasteiger partial charge is 0.371 e. The van der Waals surface area contributed by atoms with Crippen LogP contribution in [0.4, 0.5) is 5.95 Å². The predicted octanol–water partition coefficient (Wildman–Crippen LogP) is 3.05. The van der Waals surface area contributed by atoms with E-state index in [4.69, 9.17) is 10.5 Å². The highest BCUT2D eigenvalue weighted by Crippen LogP contribution is 2.24. The molecule has 1 aromatic heterocycles. The SMILES string of the molecule is CC(C)c1cc(C(=O)N[C@@H]2CCC[C@H]2OCc2ccccc2)nc(N)n1. The average molecular weight is 354 g/mol. The van der Waals surface area contributed by atoms with E-state index in [1.54, 1.807) is 6.07 Å². The number of carbonyl (C=O) groups excluding carboxylic acids is 1. The quantitative estimate of drug-likeness (QED) is 0.832. The molecule has 0 bridgehead atoms. The molecule has 1 aliphatic carbocycles. The third-order valence-electron chi connectivity index (χ3n) is 4.66. The van der Waals surface area contributed by atoms with Crippen LogP contribution in [0.1, 0.15) is 60.8 Å². The van der Waals surface area contributed by atoms with Gasteiger partial charge in [-0.25, -0.2) is 9.97 Å². The summed E-state index contributed by atoms with van der Waals surface area (Å²) >= 11 is 0. The molecule has 0 aliphatic heterocycles. The van der Waals surface area contributed by atoms with Gasteiger partial charge in [0, 0.05) is 5.69 Å². The molecule has 0 spiro atoms. The summed E-state index contributed by atoms with van der Waals surface area (Å²) in [7, 11) is 0. The molecule has 138 valence electrons. The number of rotatable bonds is 6. The van der Waals surface area contributed by atoms with Crippen LogP contribution in [0.2, 0.25) is 0 Å². The lowest BCUT2D eigenvalue weighted by Crippen LogP contribution is -2.41. The highest BCUT2D eigenvalue weighted by molar-refractivity contribution is 5.92. The van der Waals surface area contributed by atoms with Gasteiger partial charge in [0.2, 0.25) is 5.95 Å². The first-order valence-electron chi connectivity index (χ1n) is 9.14. The number of ether oxygens (including phenoxy) is 1. The maximum Gasteiger partial charge on any atom is 0.270 e. The molecule has 1 aromatic carbocycles. The molecule has 1 saturated carbocycles. The van der Waals surface area contributed by atoms with Crippen molar-refractivity contribution in [2.75, 3.05) is 5.73 Å². The molecule has 2 atom stereocenters. The van der Waals surface area contributed by atoms with Crippen molar-refractivity contribution in [3.05, 3.63) is 53.3 Å². The topological polar surface area (TPSA) is 90.1 Å². The molecule has 1 aliphatic rings. The lowest BCUT2D eigenvalue weighted by Gasteiger charge is -2.21. The number of nitrogens with zero attached hydrogens (tertiary/aromatic N) is 2. The number of anilines is 1. The Kier molecular flexibility index (Phi) is 5.83. The van der Waals surface area contributed by atoms with Gasteiger partial charge in [-0.2, -0.15) is 0 Å². The summed E-state index contributed by atoms with van der Waals surface area (Å²) in [5, 5.41) is 3.07. The van der Waals surface area contributed by atoms with Crippen LogP contribution in [-0.4, -0.2) is 28.0 Å². The Bertz CT molecular complexity index is 749. The summed E-state index contributed by atoms with van der Waals surface area (Å²) in [5.41, 5.74) is 7.97. The van der Waals surface area contributed by atoms with Crippen LogP contribution < -0.4 is 11.1 Å². The maximum absolute atomic E-state index is 12.6. The molecule has 3 rings (SSSR count). The molecule has 1 fully saturated rings. The summed E-state index contributed by atoms with van der Waals surface area (Å²) in [4.78, 5) is 20.9. The van der Waals surface area contributed by atoms with Gasteiger partial charge in [-0.15, -0.1) is 0 Å². The second kappa shape index (κ2) is 8.27. The van der Waals surface area contributed by atoms with Gasteiger partial charge in [0.05, 0.1) is 18.8 Å². The van der Waals surface area contributed by atoms with Crippen molar-refractivity contribution in [3.63, 3.8) is 0 Å². The van der Waals surface area contributed by atoms with E-state index >= 15 is 0 Å². The molecule has 0 saturated heterocycles. The van der Waals surface area contributed by atoms with Crippen LogP contribution in [0.3, 0.4) is 0 Å². The van der Waals surface area contributed by atoms with E-state index in [1.165, 1.54) is 0 Å². The summed E-state index contributed by atoms with van der Waals surface area (Å²) < 4.78 is 6.05. The minimum absolute atomic E-state index is 0.00935. The molecule has 2 aromatic rings. The van der Waals surface area contributed by atoms with Crippen molar-refractivity contribution in [2.45, 2.75) is 57.8 Å². The molecule has 26 heavy (non-hydrogen) atoms. The lowest BCUT2D eigenvalue weighted by molar-refractivity contribution is 0.0271. The number of nitrogen functional groups attached to an aromatic ring is 1. The first-order chi connectivity index (χ1) is 12.5. The number of nitrogens with one attached hydrogen (secondary N) is 1. The monoisotopic (exact) mass is 354 g/mol. The van der Waals surface area contributed by atoms with Crippen LogP contribution in [0, 0.1) is 0 Å². The Morgan fingerprint density at radius 3 is 2.77 bits per heavy atom. The molecule has 1 amide bonds. The Hall–Kier alpha value is -2.47. The van der Waals surface area contributed by atoms with Gasteiger partial charge in [-0.1, -0.05) is 44.2 Å². The van der Waals surface area contributed by atoms with Gasteiger partial charge in [0.1, 0.15) is 5.69 Å². The minimum Gasteiger partial charge on any atom is -0.371 e. The first kappa shape index (κ1) is 18.3. The summed E-state index contributed by atoms with van der Waals surface area (Å²) in [6.45, 7) is 4.57. The maximum atomic E-state index is 12.6. The van der Waals surface area contributed by atoms with E-state index in [0.29, 0.717) is 12.3 Å². The third-order valence-corrected chi connectivity index (χ3v) is 4.66. The molecule has 6 nitrogen and oxygen atoms in total. The zero-order chi connectivity index (χ0) is 18.5. The van der Waals surface area contributed by atoms with E-state index < -0.39 is 0 Å². The van der Waals surface area contributed by atoms with Crippen molar-refractivity contribution in [2.24, 2.45) is 0 Å². The summed E-state index contributed by atoms with van der Waals surface area (Å²) in [5.74, 6) is 0.0890. The summed E-state index contributed by atoms with van der Waals surface area (Å²) in [6.07, 6.45) is 2.90. The van der Waals surface area contributed by atoms with Crippen molar-refractivity contribution in [1.82, 2.24) is 15.3 Å². The first-order valence-corrected chi connectivity index (χ1v) is 9.14. The number of amides is 1. The van der Waals surface area contributed by atoms with E-state index in [2.05, 4.69) is 15.3 Å². The lowest BCUT2D eigenvalue weighted by atomic mass is 10.1. The van der Waals surface area contributed by atoms with Crippen LogP contribution >= 0.6 is 0 Å². The molecular formula is C20H26N4O2. The van der Waals surface area contributed by atoms with Gasteiger partial charge >= 0.3 is 0 Å². The Morgan fingerprint density at radius 1 is 1.27 bits per heavy atom. The number of hydrogen-bond donors (Lipinski definition) is 2. The van der Waals surface area contributed by atoms with Crippen molar-refractivity contribution in [1.29, 1.82) is 0 Å². The number of nitrogens with two attached hydrogens (primary N) is 1. The smallest absolute Gasteiger partial charge is 0.270 e. The number of hydrogen-bond acceptors (Lipinski definition) is 5. The van der Waals surface area contributed by atoms with E-state index in [-0.39, 0.29) is 29.9 Å². The van der Waals surface area contributed by atoms with Gasteiger partial charge in [-0.3, -0.25) is 4.79 Å². The Morgan fingerprint density at radius 2 is 2.04 bits per heavy atom. The molecular weight excluding hydrogens is 328 g/mol. The van der Waals surface area contributed by atoms with Gasteiger partial charge < -0.3 is 15.8 Å². The zero-order valence-corrected chi connectivity index (χ0v) is 15.3. The van der Waals surface area contributed by atoms with Crippen molar-refractivity contribution in [3.8, 4) is 0 Å². The molecule has 1 heterocycles. The number of carbonyl (C=O) groups is 1. The standard InChI is InChI=1S/C20H26N4O2/c1-13(2)16-11-17(24-20(21)23-16)19(25)22-15-9-6-10-18(15)26-12-14-7-4-3-5-8-14/h3-5,7-8,11,13,15,18H,6,9-10,12H2,1-2H3,(H,22,25)(H2,21,23,24)/t15-,18-/m1/s1. The van der Waals surface area contributed by atoms with Gasteiger partial charge in [0.15, 0.2) is 0 Å². The normalized spacial score (nSPS) is 19.7. The second-order valence-electron chi connectivity index (χ2n) is 7.04. The molecule has 0 radical (unpaired) electrons. The zero-order valence-electron chi connectivity index (χ0n) is 15.3. The van der Waals surface area contributed by atoms with Crippen LogP contribution in [0.25, 0.3) is 0 Å². The fraction of sp³-hybridized carbons (Fsp3) is 0.450. The summed E-state index contributed by atoms with van der Waals surface area (Å²) in [6, 6.07) is 11.8. The fourth-order valence-electron chi connectivity index (χ4n) is 3.21. The van der Waals surface area contributed by atoms with E-state index in [9.17, 15) is 4.79 Å². The highest BCUT2D eigenvalue weighted by atomic mass is 16.5. The second-order valence-corrected chi connectivity index (χ2v) is 7.04. The van der Waals surface area contributed by atoms with Gasteiger partial charge in [-0.05, 0) is 36.8 Å². The molecule has 0 unspecified atom stereocenters. The van der Waals surface area contributed by atoms with Gasteiger partial charge in [0.25, 0.3) is 5.91 Å². The number of aromatic nitrogens is 2. The van der Waals surface area contributed by atoms with Crippen LogP contribution in [-0.2, 0) is 11.3 Å². The number of benzene rings is 1. The fourth-order valence-corrected chi connectivity index (χ4v) is 3.21. The Labute approximate surface area is 154 Å². The van der Waals surface area contributed by atoms with Crippen molar-refractivity contribution >= 4 is 11.9 Å². The average Bonchev–Trinajstić information content (AvgIpc) is 3.07. The van der Waals surface area contributed by atoms with Crippen LogP contribution in [0.5, 0.6) is 0 Å². The van der Waals surface area contributed by atoms with E-state index in [0.717, 1.165) is 30.5 Å². The van der Waals surface area contributed by atoms with Crippen LogP contribution in [0.15, 0.2) is 36.4 Å². The third kappa shape index (κ3) is 4.58. The molecule has 3 N–H and O–H groups in total. The molecule has 6 heteroatoms. The van der Waals surface area contributed by atoms with E-state index in [1.807, 2.05) is 44.2 Å². The Balaban J connectivity index is 1.63.